The molecular weight excluding hydrogens is 482 g/mol. The van der Waals surface area contributed by atoms with Crippen molar-refractivity contribution in [3.8, 4) is 28.5 Å². The minimum absolute atomic E-state index is 0.0467. The smallest absolute Gasteiger partial charge is 0.273 e. The van der Waals surface area contributed by atoms with Gasteiger partial charge in [0.25, 0.3) is 5.91 Å². The van der Waals surface area contributed by atoms with E-state index in [0.717, 1.165) is 11.1 Å². The summed E-state index contributed by atoms with van der Waals surface area (Å²) in [4.78, 5) is 15.4. The summed E-state index contributed by atoms with van der Waals surface area (Å²) >= 11 is 6.39. The first-order valence-corrected chi connectivity index (χ1v) is 12.5. The molecule has 0 radical (unpaired) electrons. The minimum atomic E-state index is -0.454. The third-order valence-corrected chi connectivity index (χ3v) is 6.60. The maximum absolute atomic E-state index is 13.6. The fraction of sp³-hybridized carbons (Fsp3) is 0.407. The molecule has 192 valence electrons. The van der Waals surface area contributed by atoms with Crippen molar-refractivity contribution in [2.24, 2.45) is 0 Å². The molecule has 4 rings (SSSR count). The van der Waals surface area contributed by atoms with Gasteiger partial charge in [-0.3, -0.25) is 9.89 Å². The number of ether oxygens (including phenoxy) is 3. The Morgan fingerprint density at radius 2 is 2.00 bits per heavy atom. The van der Waals surface area contributed by atoms with Crippen molar-refractivity contribution in [1.29, 1.82) is 0 Å². The van der Waals surface area contributed by atoms with Crippen LogP contribution in [0.5, 0.6) is 17.2 Å². The number of fused-ring (bicyclic) bond motifs is 1. The molecule has 2 heterocycles. The van der Waals surface area contributed by atoms with Gasteiger partial charge in [-0.2, -0.15) is 5.10 Å². The quantitative estimate of drug-likeness (QED) is 0.347. The number of amides is 1. The molecule has 0 spiro atoms. The van der Waals surface area contributed by atoms with E-state index in [-0.39, 0.29) is 17.8 Å². The average Bonchev–Trinajstić information content (AvgIpc) is 3.38. The molecule has 0 fully saturated rings. The lowest BCUT2D eigenvalue weighted by molar-refractivity contribution is 0.0601. The van der Waals surface area contributed by atoms with Crippen LogP contribution in [0.2, 0.25) is 5.02 Å². The van der Waals surface area contributed by atoms with Crippen LogP contribution in [0.15, 0.2) is 30.3 Å². The number of hydrogen-bond donors (Lipinski definition) is 2. The van der Waals surface area contributed by atoms with Crippen molar-refractivity contribution in [2.45, 2.75) is 46.3 Å². The minimum Gasteiger partial charge on any atom is -0.507 e. The van der Waals surface area contributed by atoms with Crippen LogP contribution in [-0.2, 0) is 4.74 Å². The number of carbonyl (C=O) groups is 1. The molecule has 0 aliphatic carbocycles. The zero-order valence-electron chi connectivity index (χ0n) is 21.2. The molecule has 1 aromatic heterocycles. The topological polar surface area (TPSA) is 96.9 Å². The summed E-state index contributed by atoms with van der Waals surface area (Å²) < 4.78 is 17.0. The number of phenolic OH excluding ortho intramolecular Hbond substituents is 1. The lowest BCUT2D eigenvalue weighted by Crippen LogP contribution is -2.31. The monoisotopic (exact) mass is 513 g/mol. The van der Waals surface area contributed by atoms with E-state index in [0.29, 0.717) is 65.2 Å². The van der Waals surface area contributed by atoms with Gasteiger partial charge in [-0.1, -0.05) is 17.7 Å². The first-order chi connectivity index (χ1) is 17.3. The molecule has 3 aromatic rings. The van der Waals surface area contributed by atoms with Crippen LogP contribution in [0, 0.1) is 6.92 Å². The van der Waals surface area contributed by atoms with E-state index in [4.69, 9.17) is 25.8 Å². The van der Waals surface area contributed by atoms with E-state index in [2.05, 4.69) is 10.2 Å². The number of aryl methyl sites for hydroxylation is 1. The number of methoxy groups -OCH3 is 1. The number of halogens is 1. The fourth-order valence-electron chi connectivity index (χ4n) is 4.52. The molecule has 2 N–H and O–H groups in total. The van der Waals surface area contributed by atoms with Crippen LogP contribution >= 0.6 is 11.6 Å². The molecular formula is C27H32ClN3O5. The van der Waals surface area contributed by atoms with E-state index in [1.807, 2.05) is 45.9 Å². The van der Waals surface area contributed by atoms with E-state index in [1.54, 1.807) is 24.1 Å². The molecule has 1 aliphatic heterocycles. The molecule has 1 atom stereocenters. The van der Waals surface area contributed by atoms with E-state index < -0.39 is 6.04 Å². The number of rotatable bonds is 10. The van der Waals surface area contributed by atoms with Gasteiger partial charge in [0.1, 0.15) is 17.1 Å². The lowest BCUT2D eigenvalue weighted by atomic mass is 9.95. The van der Waals surface area contributed by atoms with Crippen LogP contribution in [0.4, 0.5) is 0 Å². The van der Waals surface area contributed by atoms with Gasteiger partial charge in [-0.05, 0) is 69.5 Å². The number of aromatic nitrogens is 2. The highest BCUT2D eigenvalue weighted by molar-refractivity contribution is 6.31. The van der Waals surface area contributed by atoms with Gasteiger partial charge in [0.2, 0.25) is 0 Å². The summed E-state index contributed by atoms with van der Waals surface area (Å²) in [5.41, 5.74) is 3.61. The van der Waals surface area contributed by atoms with Gasteiger partial charge in [0.05, 0.1) is 25.9 Å². The summed E-state index contributed by atoms with van der Waals surface area (Å²) in [6.45, 7) is 9.22. The maximum Gasteiger partial charge on any atom is 0.273 e. The SMILES string of the molecule is CCOc1ccc(C2c3c(-c4cc(Cl)c(C)cc4O)n[nH]c3C(=O)N2CCCOC(C)C)cc1OC. The molecule has 36 heavy (non-hydrogen) atoms. The zero-order valence-corrected chi connectivity index (χ0v) is 22.0. The Morgan fingerprint density at radius 3 is 2.69 bits per heavy atom. The number of aromatic amines is 1. The third-order valence-electron chi connectivity index (χ3n) is 6.19. The van der Waals surface area contributed by atoms with Gasteiger partial charge in [0, 0.05) is 29.3 Å². The Bertz CT molecular complexity index is 1260. The molecule has 8 nitrogen and oxygen atoms in total. The van der Waals surface area contributed by atoms with E-state index >= 15 is 0 Å². The maximum atomic E-state index is 13.6. The number of benzene rings is 2. The molecule has 0 saturated heterocycles. The molecule has 0 bridgehead atoms. The second-order valence-corrected chi connectivity index (χ2v) is 9.40. The van der Waals surface area contributed by atoms with E-state index in [1.165, 1.54) is 0 Å². The summed E-state index contributed by atoms with van der Waals surface area (Å²) in [7, 11) is 1.59. The number of nitrogens with zero attached hydrogens (tertiary/aromatic N) is 2. The van der Waals surface area contributed by atoms with Crippen LogP contribution in [0.3, 0.4) is 0 Å². The summed E-state index contributed by atoms with van der Waals surface area (Å²) in [6.07, 6.45) is 0.784. The van der Waals surface area contributed by atoms with Crippen LogP contribution in [0.25, 0.3) is 11.3 Å². The number of H-pyrrole nitrogens is 1. The van der Waals surface area contributed by atoms with Crippen LogP contribution in [-0.4, -0.2) is 59.1 Å². The highest BCUT2D eigenvalue weighted by Gasteiger charge is 2.42. The van der Waals surface area contributed by atoms with Crippen molar-refractivity contribution in [3.05, 3.63) is 57.7 Å². The summed E-state index contributed by atoms with van der Waals surface area (Å²) in [6, 6.07) is 8.49. The molecule has 1 aliphatic rings. The molecule has 0 saturated carbocycles. The predicted octanol–water partition coefficient (Wildman–Crippen LogP) is 5.51. The first kappa shape index (κ1) is 25.9. The van der Waals surface area contributed by atoms with Crippen molar-refractivity contribution in [1.82, 2.24) is 15.1 Å². The lowest BCUT2D eigenvalue weighted by Gasteiger charge is -2.27. The fourth-order valence-corrected chi connectivity index (χ4v) is 4.68. The largest absolute Gasteiger partial charge is 0.507 e. The second-order valence-electron chi connectivity index (χ2n) is 9.00. The predicted molar refractivity (Wildman–Crippen MR) is 138 cm³/mol. The van der Waals surface area contributed by atoms with Gasteiger partial charge in [-0.25, -0.2) is 0 Å². The first-order valence-electron chi connectivity index (χ1n) is 12.1. The summed E-state index contributed by atoms with van der Waals surface area (Å²) in [5, 5.41) is 18.6. The van der Waals surface area contributed by atoms with Crippen molar-refractivity contribution >= 4 is 17.5 Å². The Kier molecular flexibility index (Phi) is 7.76. The number of aromatic hydroxyl groups is 1. The number of carbonyl (C=O) groups excluding carboxylic acids is 1. The standard InChI is InChI=1S/C27H32ClN3O5/c1-6-35-21-9-8-17(13-22(21)34-5)26-23-24(18-14-19(28)16(4)12-20(18)32)29-30-25(23)27(33)31(26)10-7-11-36-15(2)3/h8-9,12-15,26,32H,6-7,10-11H2,1-5H3,(H,29,30). The zero-order chi connectivity index (χ0) is 26.0. The van der Waals surface area contributed by atoms with Crippen molar-refractivity contribution in [2.75, 3.05) is 26.9 Å². The van der Waals surface area contributed by atoms with Gasteiger partial charge < -0.3 is 24.2 Å². The van der Waals surface area contributed by atoms with Gasteiger partial charge in [-0.15, -0.1) is 0 Å². The Balaban J connectivity index is 1.81. The van der Waals surface area contributed by atoms with Crippen LogP contribution < -0.4 is 9.47 Å². The molecule has 1 unspecified atom stereocenters. The molecule has 1 amide bonds. The van der Waals surface area contributed by atoms with Gasteiger partial charge in [0.15, 0.2) is 11.5 Å². The Morgan fingerprint density at radius 1 is 1.22 bits per heavy atom. The van der Waals surface area contributed by atoms with E-state index in [9.17, 15) is 9.90 Å². The molecule has 9 heteroatoms. The average molecular weight is 514 g/mol. The highest BCUT2D eigenvalue weighted by Crippen LogP contribution is 2.46. The number of nitrogens with one attached hydrogen (secondary N) is 1. The van der Waals surface area contributed by atoms with Crippen LogP contribution in [0.1, 0.15) is 60.4 Å². The Labute approximate surface area is 216 Å². The summed E-state index contributed by atoms with van der Waals surface area (Å²) in [5.74, 6) is 1.08. The third kappa shape index (κ3) is 4.88. The Hall–Kier alpha value is -3.23. The van der Waals surface area contributed by atoms with Crippen molar-refractivity contribution in [3.63, 3.8) is 0 Å². The van der Waals surface area contributed by atoms with Gasteiger partial charge >= 0.3 is 0 Å². The number of phenols is 1. The number of hydrogen-bond acceptors (Lipinski definition) is 6. The normalized spacial score (nSPS) is 15.0. The van der Waals surface area contributed by atoms with Crippen molar-refractivity contribution < 1.29 is 24.1 Å². The second kappa shape index (κ2) is 10.8. The molecule has 2 aromatic carbocycles. The highest BCUT2D eigenvalue weighted by atomic mass is 35.5.